The van der Waals surface area contributed by atoms with Gasteiger partial charge in [-0.15, -0.1) is 0 Å². The van der Waals surface area contributed by atoms with Crippen molar-refractivity contribution in [2.24, 2.45) is 0 Å². The second-order valence-electron chi connectivity index (χ2n) is 4.44. The van der Waals surface area contributed by atoms with Gasteiger partial charge in [0.15, 0.2) is 6.79 Å². The van der Waals surface area contributed by atoms with Gasteiger partial charge >= 0.3 is 0 Å². The summed E-state index contributed by atoms with van der Waals surface area (Å²) < 4.78 is 10.4. The van der Waals surface area contributed by atoms with Crippen LogP contribution in [0.25, 0.3) is 0 Å². The Kier molecular flexibility index (Phi) is 3.26. The maximum absolute atomic E-state index is 10.2. The number of phenolic OH excluding ortho intramolecular Hbond substituents is 1. The van der Waals surface area contributed by atoms with Gasteiger partial charge in [0.25, 0.3) is 0 Å². The Hall–Kier alpha value is -1.26. The minimum absolute atomic E-state index is 0.126. The zero-order valence-electron chi connectivity index (χ0n) is 10.5. The molecular formula is C13H19NO3. The highest BCUT2D eigenvalue weighted by Crippen LogP contribution is 2.45. The molecule has 0 aromatic heterocycles. The van der Waals surface area contributed by atoms with Crippen molar-refractivity contribution in [2.45, 2.75) is 25.8 Å². The first-order valence-corrected chi connectivity index (χ1v) is 5.84. The minimum Gasteiger partial charge on any atom is -0.507 e. The quantitative estimate of drug-likeness (QED) is 0.606. The Balaban J connectivity index is 2.42. The number of nitrogens with one attached hydrogen (secondary N) is 1. The van der Waals surface area contributed by atoms with Crippen LogP contribution in [0.2, 0.25) is 0 Å². The summed E-state index contributed by atoms with van der Waals surface area (Å²) in [6.45, 7) is 5.06. The molecule has 4 nitrogen and oxygen atoms in total. The molecule has 1 heterocycles. The molecule has 2 N–H and O–H groups in total. The van der Waals surface area contributed by atoms with Gasteiger partial charge < -0.3 is 19.9 Å². The second kappa shape index (κ2) is 4.55. The van der Waals surface area contributed by atoms with Crippen LogP contribution in [0.5, 0.6) is 11.5 Å². The van der Waals surface area contributed by atoms with Crippen LogP contribution in [0.4, 0.5) is 0 Å². The van der Waals surface area contributed by atoms with E-state index in [0.29, 0.717) is 11.5 Å². The molecule has 0 saturated carbocycles. The summed E-state index contributed by atoms with van der Waals surface area (Å²) >= 11 is 0. The number of methoxy groups -OCH3 is 1. The van der Waals surface area contributed by atoms with Crippen LogP contribution in [-0.4, -0.2) is 25.6 Å². The predicted molar refractivity (Wildman–Crippen MR) is 65.3 cm³/mol. The first kappa shape index (κ1) is 12.2. The predicted octanol–water partition coefficient (Wildman–Crippen LogP) is 1.89. The highest BCUT2D eigenvalue weighted by Gasteiger charge is 2.46. The molecule has 4 heteroatoms. The average Bonchev–Trinajstić information content (AvgIpc) is 3.11. The lowest BCUT2D eigenvalue weighted by atomic mass is 9.92. The molecule has 2 rings (SSSR count). The molecule has 0 amide bonds. The zero-order chi connectivity index (χ0) is 12.5. The SMILES string of the molecule is CCC1(c2c(OCOC)ccc(C)c2O)CN1. The number of benzene rings is 1. The Morgan fingerprint density at radius 3 is 2.71 bits per heavy atom. The van der Waals surface area contributed by atoms with Crippen molar-refractivity contribution in [1.82, 2.24) is 5.32 Å². The summed E-state index contributed by atoms with van der Waals surface area (Å²) in [5, 5.41) is 13.5. The fourth-order valence-electron chi connectivity index (χ4n) is 2.09. The van der Waals surface area contributed by atoms with Gasteiger partial charge in [0, 0.05) is 13.7 Å². The summed E-state index contributed by atoms with van der Waals surface area (Å²) in [6.07, 6.45) is 0.924. The average molecular weight is 237 g/mol. The summed E-state index contributed by atoms with van der Waals surface area (Å²) in [6, 6.07) is 3.75. The van der Waals surface area contributed by atoms with Crippen molar-refractivity contribution in [1.29, 1.82) is 0 Å². The van der Waals surface area contributed by atoms with Gasteiger partial charge in [0.05, 0.1) is 11.1 Å². The van der Waals surface area contributed by atoms with Crippen LogP contribution in [0.3, 0.4) is 0 Å². The van der Waals surface area contributed by atoms with Crippen LogP contribution in [0, 0.1) is 6.92 Å². The standard InChI is InChI=1S/C13H19NO3/c1-4-13(7-14-13)11-10(17-8-16-3)6-5-9(2)12(11)15/h5-6,14-15H,4,7-8H2,1-3H3. The topological polar surface area (TPSA) is 60.6 Å². The molecule has 0 aliphatic carbocycles. The van der Waals surface area contributed by atoms with E-state index in [0.717, 1.165) is 24.1 Å². The lowest BCUT2D eigenvalue weighted by molar-refractivity contribution is 0.0498. The van der Waals surface area contributed by atoms with Gasteiger partial charge in [0.1, 0.15) is 11.5 Å². The monoisotopic (exact) mass is 237 g/mol. The highest BCUT2D eigenvalue weighted by molar-refractivity contribution is 5.55. The molecule has 1 aliphatic heterocycles. The van der Waals surface area contributed by atoms with E-state index in [1.165, 1.54) is 0 Å². The number of rotatable bonds is 5. The van der Waals surface area contributed by atoms with Gasteiger partial charge in [0.2, 0.25) is 0 Å². The Labute approximate surface area is 102 Å². The van der Waals surface area contributed by atoms with Gasteiger partial charge in [-0.05, 0) is 25.0 Å². The maximum Gasteiger partial charge on any atom is 0.188 e. The summed E-state index contributed by atoms with van der Waals surface area (Å²) in [7, 11) is 1.58. The van der Waals surface area contributed by atoms with Crippen molar-refractivity contribution in [3.8, 4) is 11.5 Å². The number of hydrogen-bond acceptors (Lipinski definition) is 4. The molecule has 0 radical (unpaired) electrons. The maximum atomic E-state index is 10.2. The van der Waals surface area contributed by atoms with E-state index in [9.17, 15) is 5.11 Å². The van der Waals surface area contributed by atoms with Crippen LogP contribution in [0.1, 0.15) is 24.5 Å². The summed E-state index contributed by atoms with van der Waals surface area (Å²) in [5.74, 6) is 1.02. The third-order valence-electron chi connectivity index (χ3n) is 3.36. The number of ether oxygens (including phenoxy) is 2. The van der Waals surface area contributed by atoms with Crippen molar-refractivity contribution in [2.75, 3.05) is 20.4 Å². The van der Waals surface area contributed by atoms with E-state index in [-0.39, 0.29) is 12.3 Å². The fraction of sp³-hybridized carbons (Fsp3) is 0.538. The molecule has 1 saturated heterocycles. The van der Waals surface area contributed by atoms with Crippen molar-refractivity contribution < 1.29 is 14.6 Å². The number of hydrogen-bond donors (Lipinski definition) is 2. The number of aryl methyl sites for hydroxylation is 1. The molecule has 1 aromatic carbocycles. The number of phenols is 1. The third-order valence-corrected chi connectivity index (χ3v) is 3.36. The molecule has 1 atom stereocenters. The van der Waals surface area contributed by atoms with E-state index in [2.05, 4.69) is 12.2 Å². The molecule has 1 fully saturated rings. The third kappa shape index (κ3) is 2.10. The molecule has 1 aromatic rings. The zero-order valence-corrected chi connectivity index (χ0v) is 10.5. The first-order valence-electron chi connectivity index (χ1n) is 5.84. The lowest BCUT2D eigenvalue weighted by Crippen LogP contribution is -2.15. The molecule has 17 heavy (non-hydrogen) atoms. The molecule has 94 valence electrons. The molecule has 1 unspecified atom stereocenters. The molecular weight excluding hydrogens is 218 g/mol. The smallest absolute Gasteiger partial charge is 0.188 e. The van der Waals surface area contributed by atoms with E-state index in [4.69, 9.17) is 9.47 Å². The van der Waals surface area contributed by atoms with Crippen LogP contribution >= 0.6 is 0 Å². The van der Waals surface area contributed by atoms with Crippen LogP contribution in [-0.2, 0) is 10.3 Å². The Morgan fingerprint density at radius 2 is 2.18 bits per heavy atom. The molecule has 1 aliphatic rings. The Bertz CT molecular complexity index is 413. The number of aromatic hydroxyl groups is 1. The largest absolute Gasteiger partial charge is 0.507 e. The highest BCUT2D eigenvalue weighted by atomic mass is 16.7. The summed E-state index contributed by atoms with van der Waals surface area (Å²) in [4.78, 5) is 0. The van der Waals surface area contributed by atoms with Gasteiger partial charge in [-0.3, -0.25) is 0 Å². The van der Waals surface area contributed by atoms with E-state index >= 15 is 0 Å². The van der Waals surface area contributed by atoms with Crippen molar-refractivity contribution in [3.05, 3.63) is 23.3 Å². The van der Waals surface area contributed by atoms with Crippen LogP contribution in [0.15, 0.2) is 12.1 Å². The van der Waals surface area contributed by atoms with Gasteiger partial charge in [-0.2, -0.15) is 0 Å². The van der Waals surface area contributed by atoms with Gasteiger partial charge in [-0.1, -0.05) is 13.0 Å². The molecule has 0 spiro atoms. The normalized spacial score (nSPS) is 22.5. The van der Waals surface area contributed by atoms with E-state index in [1.54, 1.807) is 7.11 Å². The van der Waals surface area contributed by atoms with Crippen LogP contribution < -0.4 is 10.1 Å². The van der Waals surface area contributed by atoms with Gasteiger partial charge in [-0.25, -0.2) is 0 Å². The Morgan fingerprint density at radius 1 is 1.47 bits per heavy atom. The van der Waals surface area contributed by atoms with E-state index in [1.807, 2.05) is 19.1 Å². The van der Waals surface area contributed by atoms with E-state index < -0.39 is 0 Å². The van der Waals surface area contributed by atoms with Crippen molar-refractivity contribution >= 4 is 0 Å². The lowest BCUT2D eigenvalue weighted by Gasteiger charge is -2.19. The minimum atomic E-state index is -0.126. The molecule has 0 bridgehead atoms. The summed E-state index contributed by atoms with van der Waals surface area (Å²) in [5.41, 5.74) is 1.60. The second-order valence-corrected chi connectivity index (χ2v) is 4.44. The van der Waals surface area contributed by atoms with Crippen molar-refractivity contribution in [3.63, 3.8) is 0 Å². The first-order chi connectivity index (χ1) is 8.14. The fourth-order valence-corrected chi connectivity index (χ4v) is 2.09.